The van der Waals surface area contributed by atoms with E-state index in [1.54, 1.807) is 11.3 Å². The van der Waals surface area contributed by atoms with Gasteiger partial charge in [-0.05, 0) is 58.8 Å². The Morgan fingerprint density at radius 1 is 1.07 bits per heavy atom. The maximum absolute atomic E-state index is 4.45. The van der Waals surface area contributed by atoms with Crippen LogP contribution >= 0.6 is 11.3 Å². The highest BCUT2D eigenvalue weighted by molar-refractivity contribution is 7.09. The molecule has 0 bridgehead atoms. The lowest BCUT2D eigenvalue weighted by molar-refractivity contribution is 0.135. The number of anilines is 1. The Labute approximate surface area is 177 Å². The van der Waals surface area contributed by atoms with Crippen molar-refractivity contribution in [2.24, 2.45) is 5.92 Å². The Kier molecular flexibility index (Phi) is 5.96. The van der Waals surface area contributed by atoms with Crippen molar-refractivity contribution >= 4 is 17.0 Å². The highest BCUT2D eigenvalue weighted by Gasteiger charge is 2.31. The van der Waals surface area contributed by atoms with Crippen molar-refractivity contribution in [3.05, 3.63) is 57.5 Å². The Morgan fingerprint density at radius 3 is 2.55 bits per heavy atom. The molecule has 1 aliphatic heterocycles. The number of thiophene rings is 1. The van der Waals surface area contributed by atoms with Crippen LogP contribution < -0.4 is 4.90 Å². The van der Waals surface area contributed by atoms with Crippen molar-refractivity contribution in [1.82, 2.24) is 25.1 Å². The van der Waals surface area contributed by atoms with Gasteiger partial charge >= 0.3 is 0 Å². The summed E-state index contributed by atoms with van der Waals surface area (Å²) in [6.45, 7) is 13.7. The second-order valence-electron chi connectivity index (χ2n) is 8.28. The molecule has 1 fully saturated rings. The van der Waals surface area contributed by atoms with Gasteiger partial charge in [-0.3, -0.25) is 4.90 Å². The number of piperazine rings is 1. The maximum atomic E-state index is 4.45. The molecular weight excluding hydrogens is 380 g/mol. The van der Waals surface area contributed by atoms with Gasteiger partial charge in [-0.2, -0.15) is 0 Å². The fourth-order valence-electron chi connectivity index (χ4n) is 4.27. The van der Waals surface area contributed by atoms with E-state index in [-0.39, 0.29) is 6.04 Å². The van der Waals surface area contributed by atoms with Gasteiger partial charge in [0.05, 0.1) is 12.6 Å². The lowest BCUT2D eigenvalue weighted by Gasteiger charge is -2.41. The largest absolute Gasteiger partial charge is 0.369 e. The van der Waals surface area contributed by atoms with E-state index in [4.69, 9.17) is 0 Å². The molecular formula is C22H30N6S. The van der Waals surface area contributed by atoms with Crippen LogP contribution in [0.2, 0.25) is 0 Å². The topological polar surface area (TPSA) is 50.1 Å². The van der Waals surface area contributed by atoms with Crippen LogP contribution in [-0.4, -0.2) is 51.3 Å². The predicted octanol–water partition coefficient (Wildman–Crippen LogP) is 3.92. The second kappa shape index (κ2) is 8.63. The smallest absolute Gasteiger partial charge is 0.169 e. The second-order valence-corrected chi connectivity index (χ2v) is 9.31. The lowest BCUT2D eigenvalue weighted by atomic mass is 10.00. The Morgan fingerprint density at radius 2 is 1.86 bits per heavy atom. The Hall–Kier alpha value is -2.25. The van der Waals surface area contributed by atoms with Gasteiger partial charge in [0, 0.05) is 36.7 Å². The number of aryl methyl sites for hydroxylation is 2. The van der Waals surface area contributed by atoms with Crippen LogP contribution in [0.25, 0.3) is 0 Å². The molecule has 1 aliphatic rings. The first kappa shape index (κ1) is 20.0. The lowest BCUT2D eigenvalue weighted by Crippen LogP contribution is -2.49. The van der Waals surface area contributed by atoms with Crippen LogP contribution in [0.1, 0.15) is 41.7 Å². The fraction of sp³-hybridized carbons (Fsp3) is 0.500. The molecule has 1 saturated heterocycles. The maximum Gasteiger partial charge on any atom is 0.169 e. The van der Waals surface area contributed by atoms with E-state index >= 15 is 0 Å². The third-order valence-electron chi connectivity index (χ3n) is 5.75. The molecule has 0 saturated carbocycles. The minimum Gasteiger partial charge on any atom is -0.369 e. The SMILES string of the molecule is Cc1ccc(C)c(N2CCN([C@H](c3nnnn3Cc3cccs3)C(C)C)CC2)c1. The Bertz CT molecular complexity index is 925. The standard InChI is InChI=1S/C22H30N6S/c1-16(2)21(22-23-24-25-28(22)15-19-6-5-13-29-19)27-11-9-26(10-12-27)20-14-17(3)7-8-18(20)4/h5-8,13-14,16,21H,9-12,15H2,1-4H3/t21-/m0/s1. The number of benzene rings is 1. The van der Waals surface area contributed by atoms with E-state index in [1.165, 1.54) is 21.7 Å². The molecule has 0 spiro atoms. The summed E-state index contributed by atoms with van der Waals surface area (Å²) in [5, 5.41) is 14.9. The minimum atomic E-state index is 0.228. The molecule has 3 aromatic rings. The number of hydrogen-bond donors (Lipinski definition) is 0. The van der Waals surface area contributed by atoms with Crippen LogP contribution in [-0.2, 0) is 6.54 Å². The number of tetrazole rings is 1. The minimum absolute atomic E-state index is 0.228. The van der Waals surface area contributed by atoms with E-state index < -0.39 is 0 Å². The summed E-state index contributed by atoms with van der Waals surface area (Å²) in [6.07, 6.45) is 0. The zero-order valence-electron chi connectivity index (χ0n) is 17.7. The van der Waals surface area contributed by atoms with Gasteiger partial charge in [0.2, 0.25) is 0 Å². The summed E-state index contributed by atoms with van der Waals surface area (Å²) in [5.74, 6) is 1.42. The summed E-state index contributed by atoms with van der Waals surface area (Å²) >= 11 is 1.75. The third-order valence-corrected chi connectivity index (χ3v) is 6.62. The summed E-state index contributed by atoms with van der Waals surface area (Å²) in [5.41, 5.74) is 4.04. The van der Waals surface area contributed by atoms with Crippen molar-refractivity contribution in [2.45, 2.75) is 40.3 Å². The molecule has 29 heavy (non-hydrogen) atoms. The van der Waals surface area contributed by atoms with Crippen molar-refractivity contribution in [3.8, 4) is 0 Å². The summed E-state index contributed by atoms with van der Waals surface area (Å²) < 4.78 is 1.98. The number of hydrogen-bond acceptors (Lipinski definition) is 6. The fourth-order valence-corrected chi connectivity index (χ4v) is 4.96. The molecule has 0 N–H and O–H groups in total. The zero-order valence-corrected chi connectivity index (χ0v) is 18.6. The first-order valence-electron chi connectivity index (χ1n) is 10.4. The molecule has 3 heterocycles. The average Bonchev–Trinajstić information content (AvgIpc) is 3.37. The third kappa shape index (κ3) is 4.36. The molecule has 1 aromatic carbocycles. The molecule has 154 valence electrons. The van der Waals surface area contributed by atoms with Gasteiger partial charge in [-0.15, -0.1) is 16.4 Å². The van der Waals surface area contributed by atoms with E-state index in [1.807, 2.05) is 4.68 Å². The zero-order chi connectivity index (χ0) is 20.4. The molecule has 7 heteroatoms. The molecule has 0 amide bonds. The quantitative estimate of drug-likeness (QED) is 0.616. The van der Waals surface area contributed by atoms with Crippen LogP contribution in [0.15, 0.2) is 35.7 Å². The highest BCUT2D eigenvalue weighted by atomic mass is 32.1. The van der Waals surface area contributed by atoms with Gasteiger partial charge in [0.25, 0.3) is 0 Å². The Balaban J connectivity index is 1.50. The van der Waals surface area contributed by atoms with Crippen LogP contribution in [0.3, 0.4) is 0 Å². The molecule has 1 atom stereocenters. The number of aromatic nitrogens is 4. The first-order chi connectivity index (χ1) is 14.0. The molecule has 4 rings (SSSR count). The number of rotatable bonds is 6. The van der Waals surface area contributed by atoms with Gasteiger partial charge in [-0.1, -0.05) is 32.0 Å². The molecule has 0 unspecified atom stereocenters. The van der Waals surface area contributed by atoms with Gasteiger partial charge in [-0.25, -0.2) is 4.68 Å². The van der Waals surface area contributed by atoms with Crippen molar-refractivity contribution in [2.75, 3.05) is 31.1 Å². The predicted molar refractivity (Wildman–Crippen MR) is 119 cm³/mol. The molecule has 6 nitrogen and oxygen atoms in total. The van der Waals surface area contributed by atoms with E-state index in [0.29, 0.717) is 5.92 Å². The normalized spacial score (nSPS) is 16.5. The molecule has 0 radical (unpaired) electrons. The van der Waals surface area contributed by atoms with E-state index in [0.717, 1.165) is 38.5 Å². The van der Waals surface area contributed by atoms with Crippen LogP contribution in [0, 0.1) is 19.8 Å². The van der Waals surface area contributed by atoms with Gasteiger partial charge in [0.15, 0.2) is 5.82 Å². The van der Waals surface area contributed by atoms with Gasteiger partial charge in [0.1, 0.15) is 0 Å². The highest BCUT2D eigenvalue weighted by Crippen LogP contribution is 2.30. The summed E-state index contributed by atoms with van der Waals surface area (Å²) in [6, 6.07) is 11.2. The molecule has 0 aliphatic carbocycles. The van der Waals surface area contributed by atoms with Crippen molar-refractivity contribution in [3.63, 3.8) is 0 Å². The monoisotopic (exact) mass is 410 g/mol. The average molecular weight is 411 g/mol. The summed E-state index contributed by atoms with van der Waals surface area (Å²) in [7, 11) is 0. The number of nitrogens with zero attached hydrogens (tertiary/aromatic N) is 6. The van der Waals surface area contributed by atoms with Crippen molar-refractivity contribution in [1.29, 1.82) is 0 Å². The van der Waals surface area contributed by atoms with E-state index in [2.05, 4.69) is 88.7 Å². The van der Waals surface area contributed by atoms with Crippen LogP contribution in [0.5, 0.6) is 0 Å². The van der Waals surface area contributed by atoms with Crippen LogP contribution in [0.4, 0.5) is 5.69 Å². The van der Waals surface area contributed by atoms with E-state index in [9.17, 15) is 0 Å². The molecule has 2 aromatic heterocycles. The first-order valence-corrected chi connectivity index (χ1v) is 11.3. The van der Waals surface area contributed by atoms with Crippen molar-refractivity contribution < 1.29 is 0 Å². The van der Waals surface area contributed by atoms with Gasteiger partial charge < -0.3 is 4.90 Å². The summed E-state index contributed by atoms with van der Waals surface area (Å²) in [4.78, 5) is 6.36.